The lowest BCUT2D eigenvalue weighted by Gasteiger charge is -2.06. The molecule has 0 radical (unpaired) electrons. The molecule has 2 rings (SSSR count). The van der Waals surface area contributed by atoms with Gasteiger partial charge in [0.05, 0.1) is 0 Å². The standard InChI is InChI=1S/C13H16FNS/c1-8(2)15-7-13-9(3)11-5-4-10(14)6-12(11)16-13/h4-6,8,15H,7H2,1-3H3. The van der Waals surface area contributed by atoms with E-state index in [2.05, 4.69) is 26.1 Å². The lowest BCUT2D eigenvalue weighted by Crippen LogP contribution is -2.21. The van der Waals surface area contributed by atoms with E-state index in [-0.39, 0.29) is 5.82 Å². The highest BCUT2D eigenvalue weighted by Gasteiger charge is 2.08. The smallest absolute Gasteiger partial charge is 0.124 e. The van der Waals surface area contributed by atoms with Crippen molar-refractivity contribution >= 4 is 21.4 Å². The van der Waals surface area contributed by atoms with Crippen molar-refractivity contribution in [1.29, 1.82) is 0 Å². The molecule has 1 nitrogen and oxygen atoms in total. The zero-order chi connectivity index (χ0) is 11.7. The molecule has 0 spiro atoms. The number of aryl methyl sites for hydroxylation is 1. The van der Waals surface area contributed by atoms with Crippen molar-refractivity contribution in [3.63, 3.8) is 0 Å². The van der Waals surface area contributed by atoms with Crippen LogP contribution in [0.25, 0.3) is 10.1 Å². The molecule has 1 N–H and O–H groups in total. The third-order valence-electron chi connectivity index (χ3n) is 2.67. The zero-order valence-corrected chi connectivity index (χ0v) is 10.6. The quantitative estimate of drug-likeness (QED) is 0.855. The monoisotopic (exact) mass is 237 g/mol. The fraction of sp³-hybridized carbons (Fsp3) is 0.385. The molecule has 1 heterocycles. The Labute approximate surface area is 99.3 Å². The number of hydrogen-bond donors (Lipinski definition) is 1. The summed E-state index contributed by atoms with van der Waals surface area (Å²) in [7, 11) is 0. The summed E-state index contributed by atoms with van der Waals surface area (Å²) in [5, 5.41) is 4.57. The predicted octanol–water partition coefficient (Wildman–Crippen LogP) is 3.85. The summed E-state index contributed by atoms with van der Waals surface area (Å²) in [5.41, 5.74) is 1.27. The Morgan fingerprint density at radius 3 is 2.81 bits per heavy atom. The Hall–Kier alpha value is -0.930. The third-order valence-corrected chi connectivity index (χ3v) is 3.92. The number of benzene rings is 1. The molecule has 1 aromatic carbocycles. The maximum atomic E-state index is 13.1. The van der Waals surface area contributed by atoms with Crippen LogP contribution in [0.3, 0.4) is 0 Å². The summed E-state index contributed by atoms with van der Waals surface area (Å²) >= 11 is 1.68. The summed E-state index contributed by atoms with van der Waals surface area (Å²) < 4.78 is 14.1. The van der Waals surface area contributed by atoms with Crippen molar-refractivity contribution in [3.05, 3.63) is 34.5 Å². The Balaban J connectivity index is 2.36. The molecule has 2 aromatic rings. The lowest BCUT2D eigenvalue weighted by molar-refractivity contribution is 0.592. The van der Waals surface area contributed by atoms with Crippen molar-refractivity contribution in [3.8, 4) is 0 Å². The first-order chi connectivity index (χ1) is 7.58. The van der Waals surface area contributed by atoms with Gasteiger partial charge in [0.15, 0.2) is 0 Å². The van der Waals surface area contributed by atoms with Gasteiger partial charge in [0.25, 0.3) is 0 Å². The summed E-state index contributed by atoms with van der Waals surface area (Å²) in [5.74, 6) is -0.155. The van der Waals surface area contributed by atoms with Crippen molar-refractivity contribution in [2.24, 2.45) is 0 Å². The third kappa shape index (κ3) is 2.25. The molecule has 0 aliphatic heterocycles. The molecule has 0 saturated heterocycles. The van der Waals surface area contributed by atoms with Gasteiger partial charge in [-0.15, -0.1) is 11.3 Å². The maximum absolute atomic E-state index is 13.1. The van der Waals surface area contributed by atoms with Crippen LogP contribution < -0.4 is 5.32 Å². The predicted molar refractivity (Wildman–Crippen MR) is 68.5 cm³/mol. The Kier molecular flexibility index (Phi) is 3.26. The minimum Gasteiger partial charge on any atom is -0.310 e. The molecule has 0 fully saturated rings. The fourth-order valence-corrected chi connectivity index (χ4v) is 2.90. The number of thiophene rings is 1. The SMILES string of the molecule is Cc1c(CNC(C)C)sc2cc(F)ccc12. The first-order valence-corrected chi connectivity index (χ1v) is 6.30. The topological polar surface area (TPSA) is 12.0 Å². The largest absolute Gasteiger partial charge is 0.310 e. The second kappa shape index (κ2) is 4.52. The molecule has 3 heteroatoms. The van der Waals surface area contributed by atoms with Crippen LogP contribution in [0.4, 0.5) is 4.39 Å². The molecule has 0 aliphatic carbocycles. The van der Waals surface area contributed by atoms with Crippen LogP contribution in [-0.4, -0.2) is 6.04 Å². The number of fused-ring (bicyclic) bond motifs is 1. The fourth-order valence-electron chi connectivity index (χ4n) is 1.72. The van der Waals surface area contributed by atoms with Crippen LogP contribution in [0.5, 0.6) is 0 Å². The Bertz CT molecular complexity index is 502. The van der Waals surface area contributed by atoms with Crippen LogP contribution in [0.1, 0.15) is 24.3 Å². The van der Waals surface area contributed by atoms with Gasteiger partial charge in [-0.25, -0.2) is 4.39 Å². The van der Waals surface area contributed by atoms with E-state index in [1.54, 1.807) is 17.4 Å². The van der Waals surface area contributed by atoms with E-state index in [0.29, 0.717) is 6.04 Å². The summed E-state index contributed by atoms with van der Waals surface area (Å²) in [4.78, 5) is 1.30. The van der Waals surface area contributed by atoms with Gasteiger partial charge in [-0.05, 0) is 30.0 Å². The Morgan fingerprint density at radius 2 is 2.12 bits per heavy atom. The van der Waals surface area contributed by atoms with Gasteiger partial charge in [-0.2, -0.15) is 0 Å². The van der Waals surface area contributed by atoms with E-state index in [0.717, 1.165) is 11.2 Å². The van der Waals surface area contributed by atoms with Crippen LogP contribution in [-0.2, 0) is 6.54 Å². The van der Waals surface area contributed by atoms with E-state index >= 15 is 0 Å². The normalized spacial score (nSPS) is 11.6. The summed E-state index contributed by atoms with van der Waals surface area (Å²) in [6.07, 6.45) is 0. The van der Waals surface area contributed by atoms with Crippen LogP contribution >= 0.6 is 11.3 Å². The highest BCUT2D eigenvalue weighted by atomic mass is 32.1. The van der Waals surface area contributed by atoms with Gasteiger partial charge in [-0.3, -0.25) is 0 Å². The highest BCUT2D eigenvalue weighted by molar-refractivity contribution is 7.19. The van der Waals surface area contributed by atoms with Crippen molar-refractivity contribution in [2.45, 2.75) is 33.4 Å². The van der Waals surface area contributed by atoms with Crippen LogP contribution in [0, 0.1) is 12.7 Å². The van der Waals surface area contributed by atoms with Gasteiger partial charge in [-0.1, -0.05) is 19.9 Å². The number of halogens is 1. The molecule has 0 amide bonds. The minimum atomic E-state index is -0.155. The molecule has 0 unspecified atom stereocenters. The van der Waals surface area contributed by atoms with Gasteiger partial charge in [0, 0.05) is 22.2 Å². The van der Waals surface area contributed by atoms with Crippen molar-refractivity contribution < 1.29 is 4.39 Å². The second-order valence-electron chi connectivity index (χ2n) is 4.33. The van der Waals surface area contributed by atoms with E-state index in [1.165, 1.54) is 21.9 Å². The minimum absolute atomic E-state index is 0.155. The van der Waals surface area contributed by atoms with E-state index in [9.17, 15) is 4.39 Å². The molecular formula is C13H16FNS. The summed E-state index contributed by atoms with van der Waals surface area (Å²) in [6, 6.07) is 5.49. The van der Waals surface area contributed by atoms with Gasteiger partial charge in [0.2, 0.25) is 0 Å². The number of hydrogen-bond acceptors (Lipinski definition) is 2. The number of rotatable bonds is 3. The van der Waals surface area contributed by atoms with Crippen molar-refractivity contribution in [1.82, 2.24) is 5.32 Å². The molecule has 1 aromatic heterocycles. The van der Waals surface area contributed by atoms with Crippen molar-refractivity contribution in [2.75, 3.05) is 0 Å². The average molecular weight is 237 g/mol. The Morgan fingerprint density at radius 1 is 1.38 bits per heavy atom. The first-order valence-electron chi connectivity index (χ1n) is 5.49. The van der Waals surface area contributed by atoms with E-state index in [1.807, 2.05) is 6.07 Å². The molecule has 0 aliphatic rings. The maximum Gasteiger partial charge on any atom is 0.124 e. The summed E-state index contributed by atoms with van der Waals surface area (Å²) in [6.45, 7) is 7.23. The molecule has 16 heavy (non-hydrogen) atoms. The van der Waals surface area contributed by atoms with E-state index < -0.39 is 0 Å². The highest BCUT2D eigenvalue weighted by Crippen LogP contribution is 2.31. The lowest BCUT2D eigenvalue weighted by atomic mass is 10.1. The van der Waals surface area contributed by atoms with Crippen LogP contribution in [0.15, 0.2) is 18.2 Å². The van der Waals surface area contributed by atoms with Gasteiger partial charge < -0.3 is 5.32 Å². The van der Waals surface area contributed by atoms with Gasteiger partial charge >= 0.3 is 0 Å². The number of nitrogens with one attached hydrogen (secondary N) is 1. The average Bonchev–Trinajstić information content (AvgIpc) is 2.52. The second-order valence-corrected chi connectivity index (χ2v) is 5.46. The van der Waals surface area contributed by atoms with Crippen LogP contribution in [0.2, 0.25) is 0 Å². The molecular weight excluding hydrogens is 221 g/mol. The molecule has 0 saturated carbocycles. The molecule has 0 atom stereocenters. The first kappa shape index (κ1) is 11.6. The molecule has 0 bridgehead atoms. The van der Waals surface area contributed by atoms with Gasteiger partial charge in [0.1, 0.15) is 5.82 Å². The van der Waals surface area contributed by atoms with E-state index in [4.69, 9.17) is 0 Å². The molecule has 86 valence electrons. The zero-order valence-electron chi connectivity index (χ0n) is 9.80.